The third-order valence-corrected chi connectivity index (χ3v) is 1.14. The van der Waals surface area contributed by atoms with Crippen LogP contribution in [0.15, 0.2) is 12.3 Å². The Hall–Kier alpha value is -0.300. The van der Waals surface area contributed by atoms with Gasteiger partial charge in [0.25, 0.3) is 0 Å². The summed E-state index contributed by atoms with van der Waals surface area (Å²) in [6.07, 6.45) is 9.18. The molecule has 1 heteroatoms. The van der Waals surface area contributed by atoms with Gasteiger partial charge in [-0.2, -0.15) is 0 Å². The molecule has 0 aromatic rings. The zero-order valence-corrected chi connectivity index (χ0v) is 5.69. The first-order valence-electron chi connectivity index (χ1n) is 3.36. The van der Waals surface area contributed by atoms with Gasteiger partial charge in [0.1, 0.15) is 0 Å². The third-order valence-electron chi connectivity index (χ3n) is 1.14. The lowest BCUT2D eigenvalue weighted by Gasteiger charge is -1.88. The van der Waals surface area contributed by atoms with Gasteiger partial charge in [-0.3, -0.25) is 0 Å². The highest BCUT2D eigenvalue weighted by molar-refractivity contribution is 4.69. The Bertz CT molecular complexity index is 57.4. The number of hydrogen-bond donors (Lipinski definition) is 1. The lowest BCUT2D eigenvalue weighted by molar-refractivity contribution is -0.275. The van der Waals surface area contributed by atoms with Crippen LogP contribution in [0.2, 0.25) is 0 Å². The van der Waals surface area contributed by atoms with Crippen LogP contribution in [0.5, 0.6) is 0 Å². The Morgan fingerprint density at radius 3 is 2.62 bits per heavy atom. The molecule has 0 rings (SSSR count). The summed E-state index contributed by atoms with van der Waals surface area (Å²) in [7, 11) is 0. The highest BCUT2D eigenvalue weighted by Gasteiger charge is 1.79. The molecular formula is C7H16N+. The maximum atomic E-state index is 3.60. The van der Waals surface area contributed by atoms with Gasteiger partial charge >= 0.3 is 0 Å². The molecule has 0 aliphatic rings. The SMILES string of the molecule is CCCCC/C=C\[NH3+]. The Balaban J connectivity index is 2.72. The summed E-state index contributed by atoms with van der Waals surface area (Å²) in [5.74, 6) is 0. The molecule has 0 aromatic heterocycles. The number of hydrogen-bond acceptors (Lipinski definition) is 0. The maximum absolute atomic E-state index is 3.60. The molecule has 0 radical (unpaired) electrons. The van der Waals surface area contributed by atoms with E-state index in [0.29, 0.717) is 0 Å². The molecule has 1 nitrogen and oxygen atoms in total. The minimum absolute atomic E-state index is 1.21. The van der Waals surface area contributed by atoms with Crippen molar-refractivity contribution in [3.63, 3.8) is 0 Å². The van der Waals surface area contributed by atoms with Crippen molar-refractivity contribution < 1.29 is 5.73 Å². The van der Waals surface area contributed by atoms with E-state index >= 15 is 0 Å². The third kappa shape index (κ3) is 5.70. The molecular weight excluding hydrogens is 98.1 g/mol. The summed E-state index contributed by atoms with van der Waals surface area (Å²) in [5, 5.41) is 0. The van der Waals surface area contributed by atoms with Gasteiger partial charge in [0.15, 0.2) is 0 Å². The summed E-state index contributed by atoms with van der Waals surface area (Å²) < 4.78 is 0. The average molecular weight is 114 g/mol. The molecule has 48 valence electrons. The van der Waals surface area contributed by atoms with Crippen LogP contribution in [-0.4, -0.2) is 0 Å². The molecule has 0 saturated carbocycles. The fourth-order valence-electron chi connectivity index (χ4n) is 0.630. The van der Waals surface area contributed by atoms with Gasteiger partial charge in [-0.15, -0.1) is 0 Å². The second kappa shape index (κ2) is 6.70. The van der Waals surface area contributed by atoms with Crippen LogP contribution < -0.4 is 5.73 Å². The molecule has 0 heterocycles. The van der Waals surface area contributed by atoms with Gasteiger partial charge in [-0.25, -0.2) is 0 Å². The predicted octanol–water partition coefficient (Wildman–Crippen LogP) is 1.32. The van der Waals surface area contributed by atoms with E-state index in [9.17, 15) is 0 Å². The van der Waals surface area contributed by atoms with Crippen molar-refractivity contribution in [2.45, 2.75) is 32.6 Å². The van der Waals surface area contributed by atoms with E-state index in [1.165, 1.54) is 25.7 Å². The van der Waals surface area contributed by atoms with Gasteiger partial charge in [0.05, 0.1) is 6.20 Å². The molecule has 0 saturated heterocycles. The van der Waals surface area contributed by atoms with Crippen molar-refractivity contribution in [2.24, 2.45) is 0 Å². The number of unbranched alkanes of at least 4 members (excludes halogenated alkanes) is 3. The summed E-state index contributed by atoms with van der Waals surface area (Å²) >= 11 is 0. The predicted molar refractivity (Wildman–Crippen MR) is 36.2 cm³/mol. The van der Waals surface area contributed by atoms with E-state index in [1.54, 1.807) is 0 Å². The lowest BCUT2D eigenvalue weighted by Crippen LogP contribution is -2.39. The van der Waals surface area contributed by atoms with Crippen LogP contribution in [-0.2, 0) is 0 Å². The van der Waals surface area contributed by atoms with Crippen molar-refractivity contribution in [3.05, 3.63) is 12.3 Å². The van der Waals surface area contributed by atoms with Crippen LogP contribution >= 0.6 is 0 Å². The standard InChI is InChI=1S/C7H15N/c1-2-3-4-5-6-7-8/h6-7H,2-5,8H2,1H3/p+1/b7-6-. The van der Waals surface area contributed by atoms with Crippen molar-refractivity contribution in [1.82, 2.24) is 0 Å². The quantitative estimate of drug-likeness (QED) is 0.534. The first kappa shape index (κ1) is 7.70. The van der Waals surface area contributed by atoms with Crippen LogP contribution in [0.3, 0.4) is 0 Å². The van der Waals surface area contributed by atoms with Gasteiger partial charge < -0.3 is 5.73 Å². The van der Waals surface area contributed by atoms with Gasteiger partial charge in [0, 0.05) is 0 Å². The van der Waals surface area contributed by atoms with Crippen LogP contribution in [0, 0.1) is 0 Å². The molecule has 0 unspecified atom stereocenters. The molecule has 8 heavy (non-hydrogen) atoms. The molecule has 0 aliphatic heterocycles. The fraction of sp³-hybridized carbons (Fsp3) is 0.714. The van der Waals surface area contributed by atoms with E-state index < -0.39 is 0 Å². The summed E-state index contributed by atoms with van der Waals surface area (Å²) in [4.78, 5) is 0. The minimum atomic E-state index is 1.21. The van der Waals surface area contributed by atoms with Crippen molar-refractivity contribution in [3.8, 4) is 0 Å². The van der Waals surface area contributed by atoms with Crippen molar-refractivity contribution >= 4 is 0 Å². The largest absolute Gasteiger partial charge is 0.332 e. The summed E-state index contributed by atoms with van der Waals surface area (Å²) in [6, 6.07) is 0. The number of quaternary nitrogens is 1. The molecule has 0 bridgehead atoms. The monoisotopic (exact) mass is 114 g/mol. The van der Waals surface area contributed by atoms with Crippen LogP contribution in [0.25, 0.3) is 0 Å². The average Bonchev–Trinajstić information content (AvgIpc) is 1.81. The number of rotatable bonds is 4. The van der Waals surface area contributed by atoms with E-state index in [4.69, 9.17) is 0 Å². The van der Waals surface area contributed by atoms with Crippen molar-refractivity contribution in [1.29, 1.82) is 0 Å². The molecule has 0 aromatic carbocycles. The highest BCUT2D eigenvalue weighted by Crippen LogP contribution is 1.97. The molecule has 0 fully saturated rings. The van der Waals surface area contributed by atoms with E-state index in [0.717, 1.165) is 0 Å². The van der Waals surface area contributed by atoms with E-state index in [2.05, 4.69) is 18.7 Å². The molecule has 0 aliphatic carbocycles. The topological polar surface area (TPSA) is 27.6 Å². The van der Waals surface area contributed by atoms with Gasteiger partial charge in [-0.05, 0) is 18.9 Å². The first-order chi connectivity index (χ1) is 3.91. The van der Waals surface area contributed by atoms with Crippen LogP contribution in [0.4, 0.5) is 0 Å². The lowest BCUT2D eigenvalue weighted by atomic mass is 10.2. The maximum Gasteiger partial charge on any atom is 0.0868 e. The molecule has 0 amide bonds. The number of allylic oxidation sites excluding steroid dienone is 1. The Morgan fingerprint density at radius 2 is 2.12 bits per heavy atom. The van der Waals surface area contributed by atoms with Crippen molar-refractivity contribution in [2.75, 3.05) is 0 Å². The Kier molecular flexibility index (Phi) is 6.45. The zero-order valence-electron chi connectivity index (χ0n) is 5.69. The normalized spacial score (nSPS) is 10.8. The van der Waals surface area contributed by atoms with Crippen LogP contribution in [0.1, 0.15) is 32.6 Å². The summed E-state index contributed by atoms with van der Waals surface area (Å²) in [6.45, 7) is 2.22. The minimum Gasteiger partial charge on any atom is -0.332 e. The molecule has 0 spiro atoms. The van der Waals surface area contributed by atoms with Gasteiger partial charge in [-0.1, -0.05) is 19.8 Å². The first-order valence-corrected chi connectivity index (χ1v) is 3.36. The Labute approximate surface area is 51.6 Å². The zero-order chi connectivity index (χ0) is 6.24. The highest BCUT2D eigenvalue weighted by atomic mass is 14.5. The molecule has 0 atom stereocenters. The smallest absolute Gasteiger partial charge is 0.0868 e. The second-order valence-corrected chi connectivity index (χ2v) is 1.97. The second-order valence-electron chi connectivity index (χ2n) is 1.97. The Morgan fingerprint density at radius 1 is 1.38 bits per heavy atom. The molecule has 3 N–H and O–H groups in total. The fourth-order valence-corrected chi connectivity index (χ4v) is 0.630. The summed E-state index contributed by atoms with van der Waals surface area (Å²) in [5.41, 5.74) is 3.60. The van der Waals surface area contributed by atoms with E-state index in [-0.39, 0.29) is 0 Å². The van der Waals surface area contributed by atoms with E-state index in [1.807, 2.05) is 6.20 Å². The van der Waals surface area contributed by atoms with Gasteiger partial charge in [0.2, 0.25) is 0 Å².